The summed E-state index contributed by atoms with van der Waals surface area (Å²) in [5.41, 5.74) is 2.07. The van der Waals surface area contributed by atoms with Crippen molar-refractivity contribution in [2.45, 2.75) is 45.1 Å². The molecule has 0 bridgehead atoms. The number of amides is 2. The van der Waals surface area contributed by atoms with E-state index in [9.17, 15) is 18.0 Å². The van der Waals surface area contributed by atoms with Crippen LogP contribution < -0.4 is 4.90 Å². The summed E-state index contributed by atoms with van der Waals surface area (Å²) < 4.78 is 23.3. The molecule has 0 radical (unpaired) electrons. The van der Waals surface area contributed by atoms with Crippen LogP contribution in [0.3, 0.4) is 0 Å². The van der Waals surface area contributed by atoms with Crippen LogP contribution in [0.25, 0.3) is 0 Å². The molecule has 1 aromatic carbocycles. The van der Waals surface area contributed by atoms with Gasteiger partial charge in [0.1, 0.15) is 0 Å². The molecule has 0 aromatic heterocycles. The van der Waals surface area contributed by atoms with Gasteiger partial charge < -0.3 is 9.80 Å². The Balaban J connectivity index is 1.63. The molecule has 0 aliphatic carbocycles. The molecule has 0 saturated carbocycles. The Morgan fingerprint density at radius 3 is 2.56 bits per heavy atom. The van der Waals surface area contributed by atoms with Crippen molar-refractivity contribution in [1.82, 2.24) is 4.90 Å². The lowest BCUT2D eigenvalue weighted by Crippen LogP contribution is -2.42. The molecule has 27 heavy (non-hydrogen) atoms. The van der Waals surface area contributed by atoms with Crippen molar-refractivity contribution in [2.75, 3.05) is 30.0 Å². The molecular weight excluding hydrogens is 364 g/mol. The second-order valence-electron chi connectivity index (χ2n) is 7.68. The number of nitrogens with zero attached hydrogens (tertiary/aromatic N) is 2. The van der Waals surface area contributed by atoms with Crippen molar-refractivity contribution < 1.29 is 18.0 Å². The zero-order valence-electron chi connectivity index (χ0n) is 16.1. The minimum absolute atomic E-state index is 0.0266. The summed E-state index contributed by atoms with van der Waals surface area (Å²) in [7, 11) is -1.39. The van der Waals surface area contributed by atoms with Crippen LogP contribution in [0, 0.1) is 5.92 Å². The van der Waals surface area contributed by atoms with Crippen molar-refractivity contribution in [2.24, 2.45) is 5.92 Å². The topological polar surface area (TPSA) is 74.8 Å². The van der Waals surface area contributed by atoms with Gasteiger partial charge in [-0.05, 0) is 37.0 Å². The first-order valence-corrected chi connectivity index (χ1v) is 11.5. The van der Waals surface area contributed by atoms with Crippen LogP contribution in [0.4, 0.5) is 5.69 Å². The molecule has 0 N–H and O–H groups in total. The fraction of sp³-hybridized carbons (Fsp3) is 0.600. The van der Waals surface area contributed by atoms with Crippen molar-refractivity contribution in [3.05, 3.63) is 29.8 Å². The Bertz CT molecular complexity index is 804. The lowest BCUT2D eigenvalue weighted by Gasteiger charge is -2.26. The van der Waals surface area contributed by atoms with E-state index < -0.39 is 15.8 Å². The minimum atomic E-state index is -3.04. The highest BCUT2D eigenvalue weighted by Crippen LogP contribution is 2.28. The highest BCUT2D eigenvalue weighted by molar-refractivity contribution is 7.91. The molecule has 2 aliphatic heterocycles. The van der Waals surface area contributed by atoms with E-state index in [4.69, 9.17) is 0 Å². The SMILES string of the molecule is CCCCc1ccc(N2C[C@@H](C(=O)N(C)[C@@H]3CCS(=O)(=O)C3)CC2=O)cc1. The van der Waals surface area contributed by atoms with E-state index in [1.54, 1.807) is 16.8 Å². The number of carbonyl (C=O) groups is 2. The fourth-order valence-corrected chi connectivity index (χ4v) is 5.67. The molecule has 1 aromatic rings. The van der Waals surface area contributed by atoms with Gasteiger partial charge in [-0.2, -0.15) is 0 Å². The predicted octanol–water partition coefficient (Wildman–Crippen LogP) is 2.03. The zero-order valence-corrected chi connectivity index (χ0v) is 16.9. The van der Waals surface area contributed by atoms with Gasteiger partial charge in [0.2, 0.25) is 11.8 Å². The molecule has 0 spiro atoms. The van der Waals surface area contributed by atoms with Crippen LogP contribution in [0.15, 0.2) is 24.3 Å². The molecule has 2 fully saturated rings. The monoisotopic (exact) mass is 392 g/mol. The van der Waals surface area contributed by atoms with Gasteiger partial charge in [-0.3, -0.25) is 9.59 Å². The number of unbranched alkanes of at least 4 members (excludes halogenated alkanes) is 1. The average Bonchev–Trinajstić information content (AvgIpc) is 3.21. The standard InChI is InChI=1S/C20H28N2O4S/c1-3-4-5-15-6-8-17(9-7-15)22-13-16(12-19(22)23)20(24)21(2)18-10-11-27(25,26)14-18/h6-9,16,18H,3-5,10-14H2,1-2H3/t16-,18+/m0/s1. The van der Waals surface area contributed by atoms with Crippen LogP contribution in [-0.4, -0.2) is 56.3 Å². The maximum Gasteiger partial charge on any atom is 0.228 e. The van der Waals surface area contributed by atoms with Crippen molar-refractivity contribution in [3.63, 3.8) is 0 Å². The lowest BCUT2D eigenvalue weighted by atomic mass is 10.1. The smallest absolute Gasteiger partial charge is 0.228 e. The normalized spacial score (nSPS) is 24.4. The van der Waals surface area contributed by atoms with Gasteiger partial charge in [-0.15, -0.1) is 0 Å². The molecule has 148 valence electrons. The summed E-state index contributed by atoms with van der Waals surface area (Å²) in [5, 5.41) is 0. The number of hydrogen-bond donors (Lipinski definition) is 0. The summed E-state index contributed by atoms with van der Waals surface area (Å²) >= 11 is 0. The first-order chi connectivity index (χ1) is 12.8. The summed E-state index contributed by atoms with van der Waals surface area (Å²) in [6.45, 7) is 2.52. The summed E-state index contributed by atoms with van der Waals surface area (Å²) in [4.78, 5) is 28.5. The number of sulfone groups is 1. The summed E-state index contributed by atoms with van der Waals surface area (Å²) in [5.74, 6) is -0.436. The molecule has 2 heterocycles. The second-order valence-corrected chi connectivity index (χ2v) is 9.91. The van der Waals surface area contributed by atoms with E-state index >= 15 is 0 Å². The van der Waals surface area contributed by atoms with Gasteiger partial charge in [-0.25, -0.2) is 8.42 Å². The third-order valence-corrected chi connectivity index (χ3v) is 7.40. The van der Waals surface area contributed by atoms with E-state index in [0.717, 1.165) is 24.9 Å². The number of anilines is 1. The van der Waals surface area contributed by atoms with Crippen molar-refractivity contribution in [3.8, 4) is 0 Å². The highest BCUT2D eigenvalue weighted by atomic mass is 32.2. The Hall–Kier alpha value is -1.89. The number of benzene rings is 1. The van der Waals surface area contributed by atoms with Gasteiger partial charge in [0.05, 0.1) is 17.4 Å². The van der Waals surface area contributed by atoms with Crippen LogP contribution >= 0.6 is 0 Å². The van der Waals surface area contributed by atoms with E-state index in [2.05, 4.69) is 6.92 Å². The van der Waals surface area contributed by atoms with Crippen LogP contribution in [-0.2, 0) is 25.8 Å². The third kappa shape index (κ3) is 4.51. The summed E-state index contributed by atoms with van der Waals surface area (Å²) in [6, 6.07) is 7.71. The van der Waals surface area contributed by atoms with E-state index in [1.807, 2.05) is 24.3 Å². The number of hydrogen-bond acceptors (Lipinski definition) is 4. The van der Waals surface area contributed by atoms with Crippen LogP contribution in [0.2, 0.25) is 0 Å². The first kappa shape index (κ1) is 19.9. The first-order valence-electron chi connectivity index (χ1n) is 9.67. The van der Waals surface area contributed by atoms with Gasteiger partial charge in [0.25, 0.3) is 0 Å². The third-order valence-electron chi connectivity index (χ3n) is 5.65. The average molecular weight is 393 g/mol. The molecule has 6 nitrogen and oxygen atoms in total. The molecular formula is C20H28N2O4S. The summed E-state index contributed by atoms with van der Waals surface area (Å²) in [6.07, 6.45) is 3.98. The predicted molar refractivity (Wildman–Crippen MR) is 105 cm³/mol. The van der Waals surface area contributed by atoms with E-state index in [0.29, 0.717) is 13.0 Å². The molecule has 2 aliphatic rings. The lowest BCUT2D eigenvalue weighted by molar-refractivity contribution is -0.136. The Kier molecular flexibility index (Phi) is 5.89. The molecule has 7 heteroatoms. The Morgan fingerprint density at radius 2 is 1.96 bits per heavy atom. The molecule has 0 unspecified atom stereocenters. The van der Waals surface area contributed by atoms with Gasteiger partial charge in [-0.1, -0.05) is 25.5 Å². The second kappa shape index (κ2) is 8.00. The fourth-order valence-electron chi connectivity index (χ4n) is 3.89. The highest BCUT2D eigenvalue weighted by Gasteiger charge is 2.40. The van der Waals surface area contributed by atoms with Gasteiger partial charge >= 0.3 is 0 Å². The Morgan fingerprint density at radius 1 is 1.26 bits per heavy atom. The van der Waals surface area contributed by atoms with Crippen molar-refractivity contribution >= 4 is 27.3 Å². The largest absolute Gasteiger partial charge is 0.341 e. The van der Waals surface area contributed by atoms with E-state index in [-0.39, 0.29) is 35.8 Å². The number of aryl methyl sites for hydroxylation is 1. The number of rotatable bonds is 6. The number of carbonyl (C=O) groups excluding carboxylic acids is 2. The zero-order chi connectivity index (χ0) is 19.6. The van der Waals surface area contributed by atoms with Gasteiger partial charge in [0.15, 0.2) is 9.84 Å². The maximum absolute atomic E-state index is 12.8. The van der Waals surface area contributed by atoms with E-state index in [1.165, 1.54) is 5.56 Å². The Labute approximate surface area is 161 Å². The molecule has 2 amide bonds. The molecule has 2 saturated heterocycles. The van der Waals surface area contributed by atoms with Crippen molar-refractivity contribution in [1.29, 1.82) is 0 Å². The molecule has 2 atom stereocenters. The maximum atomic E-state index is 12.8. The molecule has 3 rings (SSSR count). The minimum Gasteiger partial charge on any atom is -0.341 e. The quantitative estimate of drug-likeness (QED) is 0.742. The van der Waals surface area contributed by atoms with Crippen LogP contribution in [0.1, 0.15) is 38.2 Å². The van der Waals surface area contributed by atoms with Crippen LogP contribution in [0.5, 0.6) is 0 Å². The van der Waals surface area contributed by atoms with Gasteiger partial charge in [0, 0.05) is 31.7 Å².